The molecule has 1 fully saturated rings. The summed E-state index contributed by atoms with van der Waals surface area (Å²) in [6.45, 7) is 3.17. The van der Waals surface area contributed by atoms with Gasteiger partial charge >= 0.3 is 6.03 Å². The van der Waals surface area contributed by atoms with Crippen LogP contribution in [0.5, 0.6) is 0 Å². The number of nitrogens with one attached hydrogen (secondary N) is 1. The highest BCUT2D eigenvalue weighted by Gasteiger charge is 2.32. The zero-order chi connectivity index (χ0) is 9.35. The highest BCUT2D eigenvalue weighted by atomic mass is 16.3. The van der Waals surface area contributed by atoms with Gasteiger partial charge in [-0.25, -0.2) is 4.79 Å². The van der Waals surface area contributed by atoms with Crippen LogP contribution in [-0.4, -0.2) is 40.6 Å². The van der Waals surface area contributed by atoms with Crippen molar-refractivity contribution in [3.05, 3.63) is 0 Å². The maximum absolute atomic E-state index is 11.0. The van der Waals surface area contributed by atoms with Gasteiger partial charge in [0.25, 0.3) is 0 Å². The zero-order valence-corrected chi connectivity index (χ0v) is 7.13. The van der Waals surface area contributed by atoms with Crippen molar-refractivity contribution in [2.45, 2.75) is 19.4 Å². The largest absolute Gasteiger partial charge is 0.389 e. The average molecular weight is 172 g/mol. The van der Waals surface area contributed by atoms with Crippen molar-refractivity contribution >= 4 is 11.9 Å². The molecule has 1 saturated heterocycles. The fourth-order valence-electron chi connectivity index (χ4n) is 1.00. The van der Waals surface area contributed by atoms with E-state index in [9.17, 15) is 14.7 Å². The van der Waals surface area contributed by atoms with Crippen molar-refractivity contribution < 1.29 is 14.7 Å². The molecule has 0 unspecified atom stereocenters. The molecule has 1 aliphatic heterocycles. The summed E-state index contributed by atoms with van der Waals surface area (Å²) < 4.78 is 0. The Labute approximate surface area is 70.4 Å². The Bertz CT molecular complexity index is 203. The molecular formula is C7H12N2O3. The molecule has 5 heteroatoms. The number of carbonyl (C=O) groups is 2. The Kier molecular flexibility index (Phi) is 2.06. The second kappa shape index (κ2) is 2.75. The first-order valence-corrected chi connectivity index (χ1v) is 3.71. The molecule has 1 aliphatic rings. The molecule has 0 atom stereocenters. The maximum Gasteiger partial charge on any atom is 0.324 e. The zero-order valence-electron chi connectivity index (χ0n) is 7.13. The van der Waals surface area contributed by atoms with E-state index in [1.807, 2.05) is 0 Å². The van der Waals surface area contributed by atoms with Crippen LogP contribution in [0.3, 0.4) is 0 Å². The van der Waals surface area contributed by atoms with Crippen LogP contribution >= 0.6 is 0 Å². The number of hydrogen-bond acceptors (Lipinski definition) is 3. The Hall–Kier alpha value is -1.10. The summed E-state index contributed by atoms with van der Waals surface area (Å²) in [7, 11) is 0. The van der Waals surface area contributed by atoms with Crippen LogP contribution in [0.4, 0.5) is 4.79 Å². The van der Waals surface area contributed by atoms with E-state index < -0.39 is 11.6 Å². The topological polar surface area (TPSA) is 69.6 Å². The fourth-order valence-corrected chi connectivity index (χ4v) is 1.00. The van der Waals surface area contributed by atoms with Gasteiger partial charge < -0.3 is 10.4 Å². The number of nitrogens with zero attached hydrogens (tertiary/aromatic N) is 1. The van der Waals surface area contributed by atoms with Crippen molar-refractivity contribution in [3.8, 4) is 0 Å². The number of carbonyl (C=O) groups excluding carboxylic acids is 2. The minimum atomic E-state index is -1.03. The molecule has 0 aliphatic carbocycles. The number of amides is 3. The molecule has 0 aromatic carbocycles. The highest BCUT2D eigenvalue weighted by molar-refractivity contribution is 6.01. The molecule has 2 N–H and O–H groups in total. The van der Waals surface area contributed by atoms with E-state index in [1.165, 1.54) is 0 Å². The summed E-state index contributed by atoms with van der Waals surface area (Å²) >= 11 is 0. The molecule has 5 nitrogen and oxygen atoms in total. The summed E-state index contributed by atoms with van der Waals surface area (Å²) in [5, 5.41) is 11.7. The molecule has 0 spiro atoms. The van der Waals surface area contributed by atoms with Gasteiger partial charge in [0.05, 0.1) is 18.7 Å². The van der Waals surface area contributed by atoms with Gasteiger partial charge in [-0.15, -0.1) is 0 Å². The predicted molar refractivity (Wildman–Crippen MR) is 41.4 cm³/mol. The molecule has 12 heavy (non-hydrogen) atoms. The first kappa shape index (κ1) is 8.99. The number of hydrogen-bond donors (Lipinski definition) is 2. The van der Waals surface area contributed by atoms with E-state index in [-0.39, 0.29) is 19.0 Å². The van der Waals surface area contributed by atoms with Crippen LogP contribution in [0.25, 0.3) is 0 Å². The van der Waals surface area contributed by atoms with Crippen molar-refractivity contribution in [2.24, 2.45) is 0 Å². The molecule has 1 heterocycles. The Morgan fingerprint density at radius 3 is 2.50 bits per heavy atom. The van der Waals surface area contributed by atoms with Gasteiger partial charge in [-0.05, 0) is 13.8 Å². The predicted octanol–water partition coefficient (Wildman–Crippen LogP) is -0.691. The third kappa shape index (κ3) is 1.94. The minimum Gasteiger partial charge on any atom is -0.389 e. The van der Waals surface area contributed by atoms with Crippen molar-refractivity contribution in [3.63, 3.8) is 0 Å². The van der Waals surface area contributed by atoms with Gasteiger partial charge in [-0.3, -0.25) is 9.69 Å². The lowest BCUT2D eigenvalue weighted by atomic mass is 10.1. The average Bonchev–Trinajstić information content (AvgIpc) is 2.16. The van der Waals surface area contributed by atoms with E-state index >= 15 is 0 Å². The molecule has 0 bridgehead atoms. The quantitative estimate of drug-likeness (QED) is 0.541. The molecule has 0 aromatic rings. The van der Waals surface area contributed by atoms with Gasteiger partial charge in [-0.2, -0.15) is 0 Å². The van der Waals surface area contributed by atoms with E-state index in [4.69, 9.17) is 0 Å². The third-order valence-electron chi connectivity index (χ3n) is 1.48. The first-order valence-electron chi connectivity index (χ1n) is 3.71. The standard InChI is InChI=1S/C7H12N2O3/c1-7(2,12)4-9-5(10)3-8-6(9)11/h12H,3-4H2,1-2H3,(H,8,11). The Balaban J connectivity index is 2.62. The van der Waals surface area contributed by atoms with E-state index in [1.54, 1.807) is 13.8 Å². The second-order valence-corrected chi connectivity index (χ2v) is 3.45. The van der Waals surface area contributed by atoms with E-state index in [0.29, 0.717) is 0 Å². The maximum atomic E-state index is 11.0. The van der Waals surface area contributed by atoms with Crippen molar-refractivity contribution in [1.29, 1.82) is 0 Å². The summed E-state index contributed by atoms with van der Waals surface area (Å²) in [6, 6.07) is -0.429. The summed E-state index contributed by atoms with van der Waals surface area (Å²) in [5.41, 5.74) is -1.03. The number of aliphatic hydroxyl groups is 1. The van der Waals surface area contributed by atoms with E-state index in [2.05, 4.69) is 5.32 Å². The minimum absolute atomic E-state index is 0.0366. The Morgan fingerprint density at radius 2 is 2.17 bits per heavy atom. The summed E-state index contributed by atoms with van der Waals surface area (Å²) in [5.74, 6) is -0.290. The summed E-state index contributed by atoms with van der Waals surface area (Å²) in [4.78, 5) is 23.0. The third-order valence-corrected chi connectivity index (χ3v) is 1.48. The van der Waals surface area contributed by atoms with Gasteiger partial charge in [0.15, 0.2) is 0 Å². The molecular weight excluding hydrogens is 160 g/mol. The molecule has 0 saturated carbocycles. The monoisotopic (exact) mass is 172 g/mol. The molecule has 0 radical (unpaired) electrons. The second-order valence-electron chi connectivity index (χ2n) is 3.45. The van der Waals surface area contributed by atoms with Crippen LogP contribution in [0.15, 0.2) is 0 Å². The number of urea groups is 1. The lowest BCUT2D eigenvalue weighted by Gasteiger charge is -2.22. The molecule has 0 aromatic heterocycles. The molecule has 3 amide bonds. The fraction of sp³-hybridized carbons (Fsp3) is 0.714. The van der Waals surface area contributed by atoms with Crippen LogP contribution in [-0.2, 0) is 4.79 Å². The SMILES string of the molecule is CC(C)(O)CN1C(=O)CNC1=O. The lowest BCUT2D eigenvalue weighted by molar-refractivity contribution is -0.127. The smallest absolute Gasteiger partial charge is 0.324 e. The van der Waals surface area contributed by atoms with Crippen LogP contribution in [0.2, 0.25) is 0 Å². The van der Waals surface area contributed by atoms with Gasteiger partial charge in [0, 0.05) is 0 Å². The van der Waals surface area contributed by atoms with Gasteiger partial charge in [0.1, 0.15) is 0 Å². The van der Waals surface area contributed by atoms with Gasteiger partial charge in [0.2, 0.25) is 5.91 Å². The van der Waals surface area contributed by atoms with Crippen LogP contribution in [0, 0.1) is 0 Å². The van der Waals surface area contributed by atoms with Crippen LogP contribution in [0.1, 0.15) is 13.8 Å². The number of β-amino-alcohol motifs (C(OH)–C–C–N with tert-alkyl or cyclic N) is 1. The normalized spacial score (nSPS) is 18.4. The van der Waals surface area contributed by atoms with E-state index in [0.717, 1.165) is 4.90 Å². The van der Waals surface area contributed by atoms with Crippen molar-refractivity contribution in [1.82, 2.24) is 10.2 Å². The highest BCUT2D eigenvalue weighted by Crippen LogP contribution is 2.07. The van der Waals surface area contributed by atoms with Crippen molar-refractivity contribution in [2.75, 3.05) is 13.1 Å². The lowest BCUT2D eigenvalue weighted by Crippen LogP contribution is -2.42. The molecule has 1 rings (SSSR count). The number of imide groups is 1. The number of rotatable bonds is 2. The first-order chi connectivity index (χ1) is 5.40. The Morgan fingerprint density at radius 1 is 1.58 bits per heavy atom. The van der Waals surface area contributed by atoms with Gasteiger partial charge in [-0.1, -0.05) is 0 Å². The van der Waals surface area contributed by atoms with Crippen LogP contribution < -0.4 is 5.32 Å². The molecule has 68 valence electrons. The summed E-state index contributed by atoms with van der Waals surface area (Å²) in [6.07, 6.45) is 0.